The highest BCUT2D eigenvalue weighted by Crippen LogP contribution is 2.19. The van der Waals surface area contributed by atoms with Gasteiger partial charge < -0.3 is 10.1 Å². The lowest BCUT2D eigenvalue weighted by molar-refractivity contribution is -0.0708. The molecular formula is C13H26N2O. The molecule has 0 spiro atoms. The van der Waals surface area contributed by atoms with E-state index in [4.69, 9.17) is 4.74 Å². The molecule has 1 saturated carbocycles. The fraction of sp³-hybridized carbons (Fsp3) is 1.00. The summed E-state index contributed by atoms with van der Waals surface area (Å²) in [5.74, 6) is 0.748. The van der Waals surface area contributed by atoms with Crippen LogP contribution in [0.3, 0.4) is 0 Å². The van der Waals surface area contributed by atoms with E-state index in [1.54, 1.807) is 0 Å². The van der Waals surface area contributed by atoms with Crippen LogP contribution in [-0.4, -0.2) is 49.3 Å². The van der Waals surface area contributed by atoms with E-state index in [0.29, 0.717) is 12.2 Å². The Balaban J connectivity index is 1.66. The predicted molar refractivity (Wildman–Crippen MR) is 66.6 cm³/mol. The third-order valence-electron chi connectivity index (χ3n) is 3.40. The average molecular weight is 226 g/mol. The monoisotopic (exact) mass is 226 g/mol. The van der Waals surface area contributed by atoms with Crippen LogP contribution in [0.25, 0.3) is 0 Å². The maximum absolute atomic E-state index is 5.75. The molecule has 3 nitrogen and oxygen atoms in total. The van der Waals surface area contributed by atoms with E-state index in [1.165, 1.54) is 25.9 Å². The minimum atomic E-state index is 0.396. The lowest BCUT2D eigenvalue weighted by Gasteiger charge is -2.36. The van der Waals surface area contributed by atoms with Crippen molar-refractivity contribution < 1.29 is 4.74 Å². The first-order chi connectivity index (χ1) is 7.63. The van der Waals surface area contributed by atoms with Crippen molar-refractivity contribution in [2.75, 3.05) is 26.2 Å². The molecule has 2 rings (SSSR count). The number of nitrogens with zero attached hydrogens (tertiary/aromatic N) is 1. The highest BCUT2D eigenvalue weighted by Gasteiger charge is 2.24. The lowest BCUT2D eigenvalue weighted by atomic mass is 10.1. The molecule has 0 bridgehead atoms. The van der Waals surface area contributed by atoms with Gasteiger partial charge in [0.25, 0.3) is 0 Å². The van der Waals surface area contributed by atoms with E-state index >= 15 is 0 Å². The van der Waals surface area contributed by atoms with E-state index in [9.17, 15) is 0 Å². The molecule has 0 aromatic heterocycles. The first-order valence-electron chi connectivity index (χ1n) is 6.74. The van der Waals surface area contributed by atoms with Gasteiger partial charge in [-0.1, -0.05) is 6.92 Å². The van der Waals surface area contributed by atoms with E-state index in [1.807, 2.05) is 0 Å². The van der Waals surface area contributed by atoms with Crippen molar-refractivity contribution in [3.05, 3.63) is 0 Å². The summed E-state index contributed by atoms with van der Waals surface area (Å²) in [6.07, 6.45) is 3.57. The van der Waals surface area contributed by atoms with Gasteiger partial charge in [0, 0.05) is 25.7 Å². The van der Waals surface area contributed by atoms with Crippen molar-refractivity contribution in [2.24, 2.45) is 5.92 Å². The van der Waals surface area contributed by atoms with Gasteiger partial charge in [-0.25, -0.2) is 0 Å². The van der Waals surface area contributed by atoms with Crippen LogP contribution in [-0.2, 0) is 4.74 Å². The molecule has 94 valence electrons. The number of hydrogen-bond acceptors (Lipinski definition) is 3. The third kappa shape index (κ3) is 4.04. The number of ether oxygens (including phenoxy) is 1. The smallest absolute Gasteiger partial charge is 0.0678 e. The van der Waals surface area contributed by atoms with Gasteiger partial charge in [-0.2, -0.15) is 0 Å². The molecule has 0 amide bonds. The Kier molecular flexibility index (Phi) is 4.22. The van der Waals surface area contributed by atoms with Crippen molar-refractivity contribution in [1.29, 1.82) is 0 Å². The predicted octanol–water partition coefficient (Wildman–Crippen LogP) is 1.48. The van der Waals surface area contributed by atoms with Crippen LogP contribution < -0.4 is 5.32 Å². The van der Waals surface area contributed by atoms with Crippen LogP contribution in [0.15, 0.2) is 0 Å². The van der Waals surface area contributed by atoms with Gasteiger partial charge in [0.05, 0.1) is 12.2 Å². The van der Waals surface area contributed by atoms with Crippen LogP contribution in [0, 0.1) is 5.92 Å². The fourth-order valence-corrected chi connectivity index (χ4v) is 2.59. The highest BCUT2D eigenvalue weighted by molar-refractivity contribution is 4.82. The second-order valence-corrected chi connectivity index (χ2v) is 5.76. The maximum atomic E-state index is 5.75. The molecule has 16 heavy (non-hydrogen) atoms. The zero-order valence-electron chi connectivity index (χ0n) is 10.9. The van der Waals surface area contributed by atoms with Crippen LogP contribution in [0.2, 0.25) is 0 Å². The fourth-order valence-electron chi connectivity index (χ4n) is 2.59. The summed E-state index contributed by atoms with van der Waals surface area (Å²) < 4.78 is 5.75. The zero-order chi connectivity index (χ0) is 11.5. The molecule has 1 N–H and O–H groups in total. The minimum absolute atomic E-state index is 0.396. The van der Waals surface area contributed by atoms with Gasteiger partial charge in [0.2, 0.25) is 0 Å². The first-order valence-corrected chi connectivity index (χ1v) is 6.74. The number of hydrogen-bond donors (Lipinski definition) is 1. The summed E-state index contributed by atoms with van der Waals surface area (Å²) in [5, 5.41) is 3.61. The summed E-state index contributed by atoms with van der Waals surface area (Å²) >= 11 is 0. The Morgan fingerprint density at radius 3 is 2.44 bits per heavy atom. The lowest BCUT2D eigenvalue weighted by Crippen LogP contribution is -2.47. The van der Waals surface area contributed by atoms with Crippen LogP contribution >= 0.6 is 0 Å². The third-order valence-corrected chi connectivity index (χ3v) is 3.40. The van der Waals surface area contributed by atoms with Gasteiger partial charge >= 0.3 is 0 Å². The number of nitrogens with one attached hydrogen (secondary N) is 1. The molecule has 1 saturated heterocycles. The minimum Gasteiger partial charge on any atom is -0.373 e. The van der Waals surface area contributed by atoms with E-state index in [0.717, 1.165) is 25.0 Å². The number of morpholine rings is 1. The van der Waals surface area contributed by atoms with E-state index in [-0.39, 0.29) is 0 Å². The van der Waals surface area contributed by atoms with Gasteiger partial charge in [-0.3, -0.25) is 4.90 Å². The van der Waals surface area contributed by atoms with E-state index in [2.05, 4.69) is 31.0 Å². The molecule has 1 unspecified atom stereocenters. The molecule has 0 radical (unpaired) electrons. The molecule has 2 fully saturated rings. The Bertz CT molecular complexity index is 208. The Morgan fingerprint density at radius 1 is 1.25 bits per heavy atom. The van der Waals surface area contributed by atoms with Crippen LogP contribution in [0.4, 0.5) is 0 Å². The summed E-state index contributed by atoms with van der Waals surface area (Å²) in [6, 6.07) is 0.838. The molecule has 3 atom stereocenters. The molecular weight excluding hydrogens is 200 g/mol. The van der Waals surface area contributed by atoms with Crippen molar-refractivity contribution in [1.82, 2.24) is 10.2 Å². The Hall–Kier alpha value is -0.120. The van der Waals surface area contributed by atoms with Crippen LogP contribution in [0.1, 0.15) is 33.6 Å². The van der Waals surface area contributed by atoms with E-state index < -0.39 is 0 Å². The molecule has 2 aliphatic rings. The second-order valence-electron chi connectivity index (χ2n) is 5.76. The quantitative estimate of drug-likeness (QED) is 0.768. The van der Waals surface area contributed by atoms with Crippen molar-refractivity contribution in [3.63, 3.8) is 0 Å². The summed E-state index contributed by atoms with van der Waals surface area (Å²) in [5.41, 5.74) is 0. The average Bonchev–Trinajstić information content (AvgIpc) is 2.96. The summed E-state index contributed by atoms with van der Waals surface area (Å²) in [7, 11) is 0. The van der Waals surface area contributed by atoms with Gasteiger partial charge in [0.15, 0.2) is 0 Å². The van der Waals surface area contributed by atoms with Gasteiger partial charge in [-0.15, -0.1) is 0 Å². The molecule has 3 heteroatoms. The van der Waals surface area contributed by atoms with Crippen molar-refractivity contribution >= 4 is 0 Å². The van der Waals surface area contributed by atoms with Gasteiger partial charge in [-0.05, 0) is 39.2 Å². The first kappa shape index (κ1) is 12.3. The van der Waals surface area contributed by atoms with Crippen molar-refractivity contribution in [2.45, 2.75) is 51.9 Å². The Morgan fingerprint density at radius 2 is 1.88 bits per heavy atom. The number of rotatable bonds is 5. The molecule has 1 aliphatic heterocycles. The second kappa shape index (κ2) is 5.48. The SMILES string of the molecule is CC(CNC1CC1)CN1C[C@@H](C)O[C@@H](C)C1. The van der Waals surface area contributed by atoms with Gasteiger partial charge in [0.1, 0.15) is 0 Å². The molecule has 1 heterocycles. The normalized spacial score (nSPS) is 33.9. The molecule has 1 aliphatic carbocycles. The summed E-state index contributed by atoms with van der Waals surface area (Å²) in [6.45, 7) is 11.3. The summed E-state index contributed by atoms with van der Waals surface area (Å²) in [4.78, 5) is 2.55. The van der Waals surface area contributed by atoms with Crippen molar-refractivity contribution in [3.8, 4) is 0 Å². The topological polar surface area (TPSA) is 24.5 Å². The molecule has 0 aromatic carbocycles. The zero-order valence-corrected chi connectivity index (χ0v) is 10.9. The van der Waals surface area contributed by atoms with Crippen LogP contribution in [0.5, 0.6) is 0 Å². The standard InChI is InChI=1S/C13H26N2O/c1-10(6-14-13-4-5-13)7-15-8-11(2)16-12(3)9-15/h10-14H,4-9H2,1-3H3/t10?,11-,12+. The molecule has 0 aromatic rings. The maximum Gasteiger partial charge on any atom is 0.0678 e. The largest absolute Gasteiger partial charge is 0.373 e. The highest BCUT2D eigenvalue weighted by atomic mass is 16.5. The Labute approximate surface area is 99.5 Å².